The zero-order chi connectivity index (χ0) is 24.3. The Morgan fingerprint density at radius 2 is 1.76 bits per heavy atom. The van der Waals surface area contributed by atoms with Gasteiger partial charge in [0.15, 0.2) is 11.0 Å². The number of rotatable bonds is 6. The zero-order valence-electron chi connectivity index (χ0n) is 17.8. The molecule has 10 heteroatoms. The number of carbonyl (C=O) groups excluding carboxylic acids is 1. The lowest BCUT2D eigenvalue weighted by Crippen LogP contribution is -2.15. The van der Waals surface area contributed by atoms with E-state index in [-0.39, 0.29) is 11.4 Å². The largest absolute Gasteiger partial charge is 0.416 e. The summed E-state index contributed by atoms with van der Waals surface area (Å²) < 4.78 is 40.6. The lowest BCUT2D eigenvalue weighted by Gasteiger charge is -2.12. The maximum atomic E-state index is 12.9. The minimum atomic E-state index is -4.49. The molecule has 1 heterocycles. The van der Waals surface area contributed by atoms with E-state index in [4.69, 9.17) is 11.6 Å². The third-order valence-corrected chi connectivity index (χ3v) is 5.98. The van der Waals surface area contributed by atoms with Crippen molar-refractivity contribution in [1.82, 2.24) is 14.8 Å². The molecule has 0 fully saturated rings. The van der Waals surface area contributed by atoms with Crippen molar-refractivity contribution < 1.29 is 18.0 Å². The summed E-state index contributed by atoms with van der Waals surface area (Å²) in [6, 6.07) is 19.4. The summed E-state index contributed by atoms with van der Waals surface area (Å²) in [5.41, 5.74) is 1.88. The van der Waals surface area contributed by atoms with Crippen molar-refractivity contribution in [2.24, 2.45) is 0 Å². The first kappa shape index (κ1) is 23.8. The molecule has 0 aliphatic rings. The van der Waals surface area contributed by atoms with Crippen LogP contribution in [0.2, 0.25) is 5.02 Å². The molecule has 4 aromatic rings. The van der Waals surface area contributed by atoms with Crippen LogP contribution in [0.4, 0.5) is 18.9 Å². The Hall–Kier alpha value is -3.30. The van der Waals surface area contributed by atoms with Gasteiger partial charge in [-0.3, -0.25) is 9.36 Å². The first-order valence-electron chi connectivity index (χ1n) is 10.1. The summed E-state index contributed by atoms with van der Waals surface area (Å²) >= 11 is 7.15. The van der Waals surface area contributed by atoms with Crippen molar-refractivity contribution in [2.75, 3.05) is 11.1 Å². The van der Waals surface area contributed by atoms with E-state index in [1.165, 1.54) is 12.1 Å². The second-order valence-corrected chi connectivity index (χ2v) is 8.78. The number of carbonyl (C=O) groups is 1. The molecule has 0 aliphatic carbocycles. The molecule has 4 rings (SSSR count). The van der Waals surface area contributed by atoms with E-state index in [1.807, 2.05) is 47.9 Å². The lowest BCUT2D eigenvalue weighted by molar-refractivity contribution is -0.137. The highest BCUT2D eigenvalue weighted by atomic mass is 35.5. The third kappa shape index (κ3) is 5.60. The number of nitrogens with zero attached hydrogens (tertiary/aromatic N) is 3. The summed E-state index contributed by atoms with van der Waals surface area (Å²) in [6.07, 6.45) is -4.49. The minimum absolute atomic E-state index is 0.0686. The lowest BCUT2D eigenvalue weighted by atomic mass is 10.2. The summed E-state index contributed by atoms with van der Waals surface area (Å²) in [7, 11) is 0. The van der Waals surface area contributed by atoms with Gasteiger partial charge in [-0.25, -0.2) is 0 Å². The van der Waals surface area contributed by atoms with Crippen LogP contribution >= 0.6 is 23.4 Å². The molecule has 0 atom stereocenters. The minimum Gasteiger partial charge on any atom is -0.325 e. The number of halogens is 4. The fraction of sp³-hybridized carbons (Fsp3) is 0.125. The van der Waals surface area contributed by atoms with E-state index < -0.39 is 17.6 Å². The van der Waals surface area contributed by atoms with E-state index in [0.29, 0.717) is 16.0 Å². The van der Waals surface area contributed by atoms with Gasteiger partial charge < -0.3 is 5.32 Å². The highest BCUT2D eigenvalue weighted by Gasteiger charge is 2.30. The van der Waals surface area contributed by atoms with Crippen LogP contribution in [-0.2, 0) is 11.0 Å². The van der Waals surface area contributed by atoms with Crippen LogP contribution in [0.1, 0.15) is 11.1 Å². The van der Waals surface area contributed by atoms with E-state index in [2.05, 4.69) is 15.5 Å². The van der Waals surface area contributed by atoms with Crippen molar-refractivity contribution in [3.63, 3.8) is 0 Å². The molecule has 0 radical (unpaired) electrons. The predicted molar refractivity (Wildman–Crippen MR) is 127 cm³/mol. The van der Waals surface area contributed by atoms with Gasteiger partial charge in [0.2, 0.25) is 5.91 Å². The van der Waals surface area contributed by atoms with Gasteiger partial charge in [-0.2, -0.15) is 13.2 Å². The van der Waals surface area contributed by atoms with Crippen molar-refractivity contribution in [2.45, 2.75) is 18.3 Å². The molecule has 3 aromatic carbocycles. The zero-order valence-corrected chi connectivity index (χ0v) is 19.4. The Labute approximate surface area is 203 Å². The Kier molecular flexibility index (Phi) is 6.95. The van der Waals surface area contributed by atoms with Crippen LogP contribution in [0.5, 0.6) is 0 Å². The van der Waals surface area contributed by atoms with E-state index in [0.717, 1.165) is 40.7 Å². The maximum absolute atomic E-state index is 12.9. The van der Waals surface area contributed by atoms with E-state index in [1.54, 1.807) is 12.1 Å². The smallest absolute Gasteiger partial charge is 0.325 e. The number of hydrogen-bond acceptors (Lipinski definition) is 4. The van der Waals surface area contributed by atoms with Crippen molar-refractivity contribution in [3.05, 3.63) is 88.9 Å². The Morgan fingerprint density at radius 3 is 2.47 bits per heavy atom. The van der Waals surface area contributed by atoms with Gasteiger partial charge in [0.25, 0.3) is 0 Å². The number of aryl methyl sites for hydroxylation is 1. The number of hydrogen-bond donors (Lipinski definition) is 1. The number of anilines is 1. The van der Waals surface area contributed by atoms with Crippen LogP contribution in [0.15, 0.2) is 78.0 Å². The van der Waals surface area contributed by atoms with Gasteiger partial charge in [-0.05, 0) is 67.1 Å². The number of amides is 1. The summed E-state index contributed by atoms with van der Waals surface area (Å²) in [5.74, 6) is 0.0417. The molecule has 1 aromatic heterocycles. The molecule has 174 valence electrons. The molecular weight excluding hydrogens is 485 g/mol. The molecule has 0 bridgehead atoms. The summed E-state index contributed by atoms with van der Waals surface area (Å²) in [4.78, 5) is 12.5. The number of nitrogens with one attached hydrogen (secondary N) is 1. The SMILES string of the molecule is Cc1cccc(-n2c(SCC(=O)Nc3cccc(C(F)(F)F)c3)nnc2-c2ccc(Cl)cc2)c1. The highest BCUT2D eigenvalue weighted by molar-refractivity contribution is 7.99. The van der Waals surface area contributed by atoms with Crippen LogP contribution in [0.3, 0.4) is 0 Å². The fourth-order valence-electron chi connectivity index (χ4n) is 3.25. The molecule has 0 saturated carbocycles. The van der Waals surface area contributed by atoms with Crippen molar-refractivity contribution >= 4 is 35.0 Å². The van der Waals surface area contributed by atoms with E-state index in [9.17, 15) is 18.0 Å². The second kappa shape index (κ2) is 9.90. The van der Waals surface area contributed by atoms with E-state index >= 15 is 0 Å². The highest BCUT2D eigenvalue weighted by Crippen LogP contribution is 2.31. The van der Waals surface area contributed by atoms with Crippen LogP contribution < -0.4 is 5.32 Å². The second-order valence-electron chi connectivity index (χ2n) is 7.40. The van der Waals surface area contributed by atoms with Crippen LogP contribution in [0, 0.1) is 6.92 Å². The first-order chi connectivity index (χ1) is 16.2. The number of alkyl halides is 3. The van der Waals surface area contributed by atoms with Gasteiger partial charge in [0.05, 0.1) is 11.3 Å². The summed E-state index contributed by atoms with van der Waals surface area (Å²) in [6.45, 7) is 1.96. The number of aromatic nitrogens is 3. The average Bonchev–Trinajstić information content (AvgIpc) is 3.22. The molecule has 0 aliphatic heterocycles. The Morgan fingerprint density at radius 1 is 1.03 bits per heavy atom. The molecule has 1 N–H and O–H groups in total. The molecule has 34 heavy (non-hydrogen) atoms. The molecule has 1 amide bonds. The van der Waals surface area contributed by atoms with Crippen LogP contribution in [-0.4, -0.2) is 26.4 Å². The quantitative estimate of drug-likeness (QED) is 0.300. The average molecular weight is 503 g/mol. The Balaban J connectivity index is 1.57. The fourth-order valence-corrected chi connectivity index (χ4v) is 4.13. The molecule has 5 nitrogen and oxygen atoms in total. The molecule has 0 unspecified atom stereocenters. The maximum Gasteiger partial charge on any atom is 0.416 e. The normalized spacial score (nSPS) is 11.4. The monoisotopic (exact) mass is 502 g/mol. The van der Waals surface area contributed by atoms with Gasteiger partial charge >= 0.3 is 6.18 Å². The van der Waals surface area contributed by atoms with Crippen molar-refractivity contribution in [3.8, 4) is 17.1 Å². The molecule has 0 spiro atoms. The van der Waals surface area contributed by atoms with Gasteiger partial charge in [-0.15, -0.1) is 10.2 Å². The topological polar surface area (TPSA) is 59.8 Å². The van der Waals surface area contributed by atoms with Gasteiger partial charge in [0, 0.05) is 22.0 Å². The third-order valence-electron chi connectivity index (χ3n) is 4.80. The Bertz CT molecular complexity index is 1320. The predicted octanol–water partition coefficient (Wildman–Crippen LogP) is 6.65. The first-order valence-corrected chi connectivity index (χ1v) is 11.5. The molecule has 0 saturated heterocycles. The summed E-state index contributed by atoms with van der Waals surface area (Å²) in [5, 5.41) is 12.1. The standard InChI is InChI=1S/C24H18ClF3N4OS/c1-15-4-2-7-20(12-15)32-22(16-8-10-18(25)11-9-16)30-31-23(32)34-14-21(33)29-19-6-3-5-17(13-19)24(26,27)28/h2-13H,14H2,1H3,(H,29,33). The van der Waals surface area contributed by atoms with Gasteiger partial charge in [-0.1, -0.05) is 41.6 Å². The number of benzene rings is 3. The van der Waals surface area contributed by atoms with Gasteiger partial charge in [0.1, 0.15) is 0 Å². The number of thioether (sulfide) groups is 1. The van der Waals surface area contributed by atoms with Crippen molar-refractivity contribution in [1.29, 1.82) is 0 Å². The molecular formula is C24H18ClF3N4OS. The van der Waals surface area contributed by atoms with Crippen LogP contribution in [0.25, 0.3) is 17.1 Å².